The van der Waals surface area contributed by atoms with Crippen molar-refractivity contribution in [3.05, 3.63) is 81.9 Å². The molecule has 0 aliphatic carbocycles. The van der Waals surface area contributed by atoms with Gasteiger partial charge >= 0.3 is 0 Å². The third-order valence-corrected chi connectivity index (χ3v) is 5.78. The Labute approximate surface area is 203 Å². The van der Waals surface area contributed by atoms with E-state index in [2.05, 4.69) is 29.5 Å². The molecule has 0 bridgehead atoms. The summed E-state index contributed by atoms with van der Waals surface area (Å²) in [6, 6.07) is 17.0. The fourth-order valence-electron chi connectivity index (χ4n) is 3.63. The molecular weight excluding hydrogens is 454 g/mol. The minimum atomic E-state index is -0.270. The third-order valence-electron chi connectivity index (χ3n) is 5.24. The molecule has 0 fully saturated rings. The molecule has 0 spiro atoms. The normalized spacial score (nSPS) is 11.1. The van der Waals surface area contributed by atoms with Gasteiger partial charge in [-0.25, -0.2) is 4.98 Å². The summed E-state index contributed by atoms with van der Waals surface area (Å²) in [5.41, 5.74) is 6.54. The topological polar surface area (TPSA) is 67.2 Å². The number of hydrogen-bond donors (Lipinski definition) is 2. The number of aryl methyl sites for hydroxylation is 2. The van der Waals surface area contributed by atoms with Crippen LogP contribution in [-0.2, 0) is 0 Å². The highest BCUT2D eigenvalue weighted by Gasteiger charge is 2.15. The fraction of sp³-hybridized carbons (Fsp3) is 0.192. The van der Waals surface area contributed by atoms with E-state index in [-0.39, 0.29) is 11.0 Å². The molecule has 4 aromatic rings. The zero-order valence-corrected chi connectivity index (χ0v) is 20.4. The average Bonchev–Trinajstić information content (AvgIpc) is 3.17. The Morgan fingerprint density at radius 2 is 1.76 bits per heavy atom. The monoisotopic (exact) mass is 477 g/mol. The van der Waals surface area contributed by atoms with Crippen LogP contribution in [0.15, 0.2) is 59.0 Å². The lowest BCUT2D eigenvalue weighted by atomic mass is 10.0. The molecule has 0 saturated carbocycles. The zero-order chi connectivity index (χ0) is 23.7. The highest BCUT2D eigenvalue weighted by Crippen LogP contribution is 2.33. The van der Waals surface area contributed by atoms with Gasteiger partial charge in [0.1, 0.15) is 5.52 Å². The zero-order valence-electron chi connectivity index (χ0n) is 18.8. The molecule has 3 aromatic carbocycles. The van der Waals surface area contributed by atoms with E-state index in [0.29, 0.717) is 39.2 Å². The van der Waals surface area contributed by atoms with E-state index in [1.54, 1.807) is 18.2 Å². The first-order valence-corrected chi connectivity index (χ1v) is 11.4. The molecule has 5 nitrogen and oxygen atoms in total. The molecule has 0 aliphatic rings. The van der Waals surface area contributed by atoms with Crippen LogP contribution in [-0.4, -0.2) is 16.0 Å². The Balaban J connectivity index is 1.54. The van der Waals surface area contributed by atoms with Crippen LogP contribution in [0.4, 0.5) is 5.69 Å². The van der Waals surface area contributed by atoms with Crippen molar-refractivity contribution in [1.82, 2.24) is 10.3 Å². The highest BCUT2D eigenvalue weighted by atomic mass is 35.5. The predicted octanol–water partition coefficient (Wildman–Crippen LogP) is 7.02. The number of benzene rings is 3. The van der Waals surface area contributed by atoms with Crippen LogP contribution in [0.3, 0.4) is 0 Å². The van der Waals surface area contributed by atoms with Gasteiger partial charge in [-0.3, -0.25) is 10.1 Å². The van der Waals surface area contributed by atoms with Crippen molar-refractivity contribution in [3.8, 4) is 11.5 Å². The standard InChI is InChI=1S/C26H24ClN3O2S/c1-14(2)17-5-8-23-22(12-17)29-25(32-23)20-13-19(6-7-21(20)27)28-26(33)30-24(31)18-10-15(3)9-16(4)11-18/h5-14H,1-4H3,(H2,28,30,31,33). The smallest absolute Gasteiger partial charge is 0.257 e. The van der Waals surface area contributed by atoms with Crippen molar-refractivity contribution in [2.45, 2.75) is 33.6 Å². The van der Waals surface area contributed by atoms with Crippen LogP contribution in [0.5, 0.6) is 0 Å². The SMILES string of the molecule is Cc1cc(C)cc(C(=O)NC(=S)Nc2ccc(Cl)c(-c3nc4cc(C(C)C)ccc4o3)c2)c1. The maximum atomic E-state index is 12.6. The van der Waals surface area contributed by atoms with Gasteiger partial charge in [0.2, 0.25) is 5.89 Å². The molecule has 4 rings (SSSR count). The van der Waals surface area contributed by atoms with Gasteiger partial charge in [-0.05, 0) is 80.0 Å². The van der Waals surface area contributed by atoms with Crippen molar-refractivity contribution >= 4 is 51.6 Å². The van der Waals surface area contributed by atoms with Gasteiger partial charge in [0.05, 0.1) is 10.6 Å². The number of oxazole rings is 1. The Morgan fingerprint density at radius 3 is 2.45 bits per heavy atom. The Morgan fingerprint density at radius 1 is 1.03 bits per heavy atom. The molecule has 1 amide bonds. The Kier molecular flexibility index (Phi) is 6.49. The van der Waals surface area contributed by atoms with Gasteiger partial charge in [-0.15, -0.1) is 0 Å². The van der Waals surface area contributed by atoms with Gasteiger partial charge in [0.25, 0.3) is 5.91 Å². The van der Waals surface area contributed by atoms with Gasteiger partial charge in [0, 0.05) is 11.3 Å². The summed E-state index contributed by atoms with van der Waals surface area (Å²) >= 11 is 11.8. The van der Waals surface area contributed by atoms with Crippen molar-refractivity contribution in [1.29, 1.82) is 0 Å². The molecule has 2 N–H and O–H groups in total. The van der Waals surface area contributed by atoms with E-state index in [1.165, 1.54) is 5.56 Å². The van der Waals surface area contributed by atoms with Gasteiger partial charge in [-0.1, -0.05) is 48.7 Å². The quantitative estimate of drug-likeness (QED) is 0.309. The fourth-order valence-corrected chi connectivity index (χ4v) is 4.04. The number of carbonyl (C=O) groups is 1. The number of thiocarbonyl (C=S) groups is 1. The molecular formula is C26H24ClN3O2S. The summed E-state index contributed by atoms with van der Waals surface area (Å²) < 4.78 is 5.95. The number of nitrogens with one attached hydrogen (secondary N) is 2. The number of hydrogen-bond acceptors (Lipinski definition) is 4. The third kappa shape index (κ3) is 5.24. The molecule has 1 aromatic heterocycles. The molecule has 7 heteroatoms. The summed E-state index contributed by atoms with van der Waals surface area (Å²) in [6.07, 6.45) is 0. The number of halogens is 1. The largest absolute Gasteiger partial charge is 0.436 e. The summed E-state index contributed by atoms with van der Waals surface area (Å²) in [5, 5.41) is 6.45. The maximum absolute atomic E-state index is 12.6. The number of fused-ring (bicyclic) bond motifs is 1. The number of carbonyl (C=O) groups excluding carboxylic acids is 1. The molecule has 1 heterocycles. The van der Waals surface area contributed by atoms with Gasteiger partial charge < -0.3 is 9.73 Å². The van der Waals surface area contributed by atoms with E-state index in [1.807, 2.05) is 50.2 Å². The van der Waals surface area contributed by atoms with E-state index in [4.69, 9.17) is 28.2 Å². The molecule has 0 radical (unpaired) electrons. The second-order valence-electron chi connectivity index (χ2n) is 8.38. The van der Waals surface area contributed by atoms with E-state index in [0.717, 1.165) is 16.6 Å². The van der Waals surface area contributed by atoms with Gasteiger partial charge in [-0.2, -0.15) is 0 Å². The van der Waals surface area contributed by atoms with Crippen LogP contribution in [0.2, 0.25) is 5.02 Å². The molecule has 0 saturated heterocycles. The minimum absolute atomic E-state index is 0.187. The van der Waals surface area contributed by atoms with Crippen molar-refractivity contribution in [2.24, 2.45) is 0 Å². The second-order valence-corrected chi connectivity index (χ2v) is 9.20. The lowest BCUT2D eigenvalue weighted by molar-refractivity contribution is 0.0977. The average molecular weight is 478 g/mol. The number of amides is 1. The van der Waals surface area contributed by atoms with Crippen molar-refractivity contribution in [2.75, 3.05) is 5.32 Å². The predicted molar refractivity (Wildman–Crippen MR) is 138 cm³/mol. The van der Waals surface area contributed by atoms with E-state index in [9.17, 15) is 4.79 Å². The summed E-state index contributed by atoms with van der Waals surface area (Å²) in [7, 11) is 0. The molecule has 0 aliphatic heterocycles. The first-order chi connectivity index (χ1) is 15.7. The number of nitrogens with zero attached hydrogens (tertiary/aromatic N) is 1. The second kappa shape index (κ2) is 9.33. The van der Waals surface area contributed by atoms with Crippen molar-refractivity contribution in [3.63, 3.8) is 0 Å². The highest BCUT2D eigenvalue weighted by molar-refractivity contribution is 7.80. The Bertz CT molecular complexity index is 1360. The lowest BCUT2D eigenvalue weighted by Gasteiger charge is -2.11. The first-order valence-electron chi connectivity index (χ1n) is 10.6. The van der Waals surface area contributed by atoms with Crippen LogP contribution in [0.25, 0.3) is 22.6 Å². The van der Waals surface area contributed by atoms with E-state index >= 15 is 0 Å². The van der Waals surface area contributed by atoms with Crippen LogP contribution >= 0.6 is 23.8 Å². The van der Waals surface area contributed by atoms with Gasteiger partial charge in [0.15, 0.2) is 10.7 Å². The number of anilines is 1. The van der Waals surface area contributed by atoms with Crippen LogP contribution < -0.4 is 10.6 Å². The van der Waals surface area contributed by atoms with Crippen LogP contribution in [0.1, 0.15) is 46.8 Å². The minimum Gasteiger partial charge on any atom is -0.436 e. The molecule has 168 valence electrons. The lowest BCUT2D eigenvalue weighted by Crippen LogP contribution is -2.34. The Hall–Kier alpha value is -3.22. The number of aromatic nitrogens is 1. The maximum Gasteiger partial charge on any atom is 0.257 e. The van der Waals surface area contributed by atoms with Crippen molar-refractivity contribution < 1.29 is 9.21 Å². The summed E-state index contributed by atoms with van der Waals surface area (Å²) in [5.74, 6) is 0.545. The summed E-state index contributed by atoms with van der Waals surface area (Å²) in [4.78, 5) is 17.2. The molecule has 33 heavy (non-hydrogen) atoms. The molecule has 0 atom stereocenters. The first kappa shape index (κ1) is 23.0. The van der Waals surface area contributed by atoms with E-state index < -0.39 is 0 Å². The molecule has 0 unspecified atom stereocenters. The summed E-state index contributed by atoms with van der Waals surface area (Å²) in [6.45, 7) is 8.17. The van der Waals surface area contributed by atoms with Crippen LogP contribution in [0, 0.1) is 13.8 Å². The number of rotatable bonds is 4.